The molecule has 0 saturated carbocycles. The lowest BCUT2D eigenvalue weighted by Gasteiger charge is -2.50. The molecule has 0 aromatic heterocycles. The number of nitrogens with zero attached hydrogens (tertiary/aromatic N) is 2. The van der Waals surface area contributed by atoms with E-state index in [1.54, 1.807) is 37.3 Å². The number of nitriles is 1. The number of benzene rings is 3. The Balaban J connectivity index is 1.65. The predicted molar refractivity (Wildman–Crippen MR) is 115 cm³/mol. The Morgan fingerprint density at radius 2 is 1.58 bits per heavy atom. The monoisotopic (exact) mass is 436 g/mol. The molecule has 1 aliphatic heterocycles. The average molecular weight is 437 g/mol. The van der Waals surface area contributed by atoms with Crippen molar-refractivity contribution in [1.82, 2.24) is 4.31 Å². The van der Waals surface area contributed by atoms with Crippen LogP contribution in [0.5, 0.6) is 0 Å². The zero-order valence-electron chi connectivity index (χ0n) is 16.8. The first-order chi connectivity index (χ1) is 14.9. The van der Waals surface area contributed by atoms with Crippen molar-refractivity contribution in [3.05, 3.63) is 89.7 Å². The molecule has 1 N–H and O–H groups in total. The van der Waals surface area contributed by atoms with Crippen LogP contribution in [0.4, 0.5) is 4.39 Å². The number of sulfonamides is 1. The van der Waals surface area contributed by atoms with Crippen molar-refractivity contribution >= 4 is 10.0 Å². The fourth-order valence-corrected chi connectivity index (χ4v) is 6.18. The van der Waals surface area contributed by atoms with Gasteiger partial charge in [0.1, 0.15) is 11.9 Å². The van der Waals surface area contributed by atoms with E-state index in [-0.39, 0.29) is 10.7 Å². The SMILES string of the molecule is Cc1ccccc1S(=O)(=O)N1[C@H](CO)[C@@H](c2ccc(-c3ccc(F)cc3)cc2)[C@@H]1C#N. The summed E-state index contributed by atoms with van der Waals surface area (Å²) in [6, 6.07) is 20.6. The van der Waals surface area contributed by atoms with Gasteiger partial charge < -0.3 is 5.11 Å². The van der Waals surface area contributed by atoms with E-state index in [4.69, 9.17) is 0 Å². The van der Waals surface area contributed by atoms with Crippen LogP contribution in [0.2, 0.25) is 0 Å². The van der Waals surface area contributed by atoms with E-state index in [1.165, 1.54) is 18.2 Å². The normalized spacial score (nSPS) is 21.3. The van der Waals surface area contributed by atoms with Gasteiger partial charge in [0.25, 0.3) is 0 Å². The Morgan fingerprint density at radius 3 is 2.13 bits per heavy atom. The van der Waals surface area contributed by atoms with Crippen LogP contribution < -0.4 is 0 Å². The van der Waals surface area contributed by atoms with Crippen molar-refractivity contribution in [2.45, 2.75) is 29.8 Å². The van der Waals surface area contributed by atoms with Gasteiger partial charge in [-0.2, -0.15) is 9.57 Å². The number of rotatable bonds is 5. The second kappa shape index (κ2) is 8.23. The zero-order chi connectivity index (χ0) is 22.2. The van der Waals surface area contributed by atoms with Crippen molar-refractivity contribution in [3.63, 3.8) is 0 Å². The van der Waals surface area contributed by atoms with E-state index in [9.17, 15) is 23.2 Å². The minimum Gasteiger partial charge on any atom is -0.395 e. The maximum Gasteiger partial charge on any atom is 0.244 e. The van der Waals surface area contributed by atoms with Crippen molar-refractivity contribution in [3.8, 4) is 17.2 Å². The highest BCUT2D eigenvalue weighted by Gasteiger charge is 2.55. The van der Waals surface area contributed by atoms with Gasteiger partial charge in [-0.15, -0.1) is 0 Å². The second-order valence-corrected chi connectivity index (χ2v) is 9.39. The molecule has 7 heteroatoms. The number of aryl methyl sites for hydroxylation is 1. The van der Waals surface area contributed by atoms with Crippen LogP contribution in [-0.2, 0) is 10.0 Å². The van der Waals surface area contributed by atoms with Gasteiger partial charge in [-0.1, -0.05) is 54.6 Å². The summed E-state index contributed by atoms with van der Waals surface area (Å²) in [5, 5.41) is 19.8. The van der Waals surface area contributed by atoms with E-state index in [0.29, 0.717) is 5.56 Å². The molecule has 0 amide bonds. The first-order valence-electron chi connectivity index (χ1n) is 9.84. The predicted octanol–water partition coefficient (Wildman–Crippen LogP) is 3.84. The summed E-state index contributed by atoms with van der Waals surface area (Å²) in [6.07, 6.45) is 0. The van der Waals surface area contributed by atoms with Crippen LogP contribution >= 0.6 is 0 Å². The second-order valence-electron chi connectivity index (χ2n) is 7.58. The van der Waals surface area contributed by atoms with E-state index in [2.05, 4.69) is 6.07 Å². The Bertz CT molecular complexity index is 1240. The lowest BCUT2D eigenvalue weighted by atomic mass is 9.78. The largest absolute Gasteiger partial charge is 0.395 e. The molecule has 0 aliphatic carbocycles. The molecule has 0 spiro atoms. The van der Waals surface area contributed by atoms with E-state index >= 15 is 0 Å². The molecular weight excluding hydrogens is 415 g/mol. The topological polar surface area (TPSA) is 81.4 Å². The molecule has 158 valence electrons. The average Bonchev–Trinajstić information content (AvgIpc) is 2.75. The molecule has 3 atom stereocenters. The first-order valence-corrected chi connectivity index (χ1v) is 11.3. The van der Waals surface area contributed by atoms with Crippen molar-refractivity contribution in [1.29, 1.82) is 5.26 Å². The summed E-state index contributed by atoms with van der Waals surface area (Å²) in [5.41, 5.74) is 3.08. The highest BCUT2D eigenvalue weighted by Crippen LogP contribution is 2.44. The minimum absolute atomic E-state index is 0.138. The van der Waals surface area contributed by atoms with E-state index < -0.39 is 34.6 Å². The molecule has 1 aliphatic rings. The maximum atomic E-state index is 13.3. The Morgan fingerprint density at radius 1 is 1.00 bits per heavy atom. The Labute approximate surface area is 181 Å². The lowest BCUT2D eigenvalue weighted by molar-refractivity contribution is 0.0556. The zero-order valence-corrected chi connectivity index (χ0v) is 17.6. The summed E-state index contributed by atoms with van der Waals surface area (Å²) in [5.74, 6) is -0.761. The lowest BCUT2D eigenvalue weighted by Crippen LogP contribution is -2.65. The highest BCUT2D eigenvalue weighted by atomic mass is 32.2. The first kappa shape index (κ1) is 21.2. The summed E-state index contributed by atoms with van der Waals surface area (Å²) in [7, 11) is -3.94. The molecule has 0 unspecified atom stereocenters. The van der Waals surface area contributed by atoms with Crippen LogP contribution in [0.25, 0.3) is 11.1 Å². The van der Waals surface area contributed by atoms with Crippen LogP contribution in [0.1, 0.15) is 17.0 Å². The van der Waals surface area contributed by atoms with Gasteiger partial charge in [0.2, 0.25) is 10.0 Å². The van der Waals surface area contributed by atoms with Crippen molar-refractivity contribution in [2.24, 2.45) is 0 Å². The Kier molecular flexibility index (Phi) is 5.63. The van der Waals surface area contributed by atoms with Crippen molar-refractivity contribution in [2.75, 3.05) is 6.61 Å². The molecular formula is C24H21FN2O3S. The van der Waals surface area contributed by atoms with E-state index in [0.717, 1.165) is 21.0 Å². The molecule has 1 saturated heterocycles. The fourth-order valence-electron chi connectivity index (χ4n) is 4.19. The number of hydrogen-bond donors (Lipinski definition) is 1. The van der Waals surface area contributed by atoms with Crippen LogP contribution in [0, 0.1) is 24.1 Å². The molecule has 1 fully saturated rings. The smallest absolute Gasteiger partial charge is 0.244 e. The molecule has 3 aromatic carbocycles. The van der Waals surface area contributed by atoms with Gasteiger partial charge in [0.15, 0.2) is 0 Å². The fraction of sp³-hybridized carbons (Fsp3) is 0.208. The number of aliphatic hydroxyl groups excluding tert-OH is 1. The van der Waals surface area contributed by atoms with Gasteiger partial charge >= 0.3 is 0 Å². The minimum atomic E-state index is -3.94. The molecule has 4 rings (SSSR count). The quantitative estimate of drug-likeness (QED) is 0.659. The Hall–Kier alpha value is -3.05. The summed E-state index contributed by atoms with van der Waals surface area (Å²) in [6.45, 7) is 1.31. The van der Waals surface area contributed by atoms with Crippen LogP contribution in [-0.4, -0.2) is 36.5 Å². The van der Waals surface area contributed by atoms with Gasteiger partial charge in [0.05, 0.1) is 23.6 Å². The van der Waals surface area contributed by atoms with Crippen LogP contribution in [0.15, 0.2) is 77.7 Å². The van der Waals surface area contributed by atoms with Crippen LogP contribution in [0.3, 0.4) is 0 Å². The number of halogens is 1. The van der Waals surface area contributed by atoms with Crippen molar-refractivity contribution < 1.29 is 17.9 Å². The third kappa shape index (κ3) is 3.63. The molecule has 31 heavy (non-hydrogen) atoms. The number of hydrogen-bond acceptors (Lipinski definition) is 4. The highest BCUT2D eigenvalue weighted by molar-refractivity contribution is 7.89. The maximum absolute atomic E-state index is 13.3. The molecule has 5 nitrogen and oxygen atoms in total. The molecule has 0 bridgehead atoms. The third-order valence-corrected chi connectivity index (χ3v) is 7.86. The van der Waals surface area contributed by atoms with Gasteiger partial charge in [-0.3, -0.25) is 0 Å². The standard InChI is InChI=1S/C24H21FN2O3S/c1-16-4-2-3-5-23(16)31(29,30)27-21(14-26)24(22(27)15-28)19-8-6-17(7-9-19)18-10-12-20(25)13-11-18/h2-13,21-22,24,28H,15H2,1H3/t21-,22+,24-/m0/s1. The van der Waals surface area contributed by atoms with Gasteiger partial charge in [-0.05, 0) is 47.4 Å². The summed E-state index contributed by atoms with van der Waals surface area (Å²) >= 11 is 0. The summed E-state index contributed by atoms with van der Waals surface area (Å²) < 4.78 is 40.8. The van der Waals surface area contributed by atoms with Gasteiger partial charge in [0, 0.05) is 5.92 Å². The third-order valence-electron chi connectivity index (χ3n) is 5.80. The van der Waals surface area contributed by atoms with Gasteiger partial charge in [-0.25, -0.2) is 12.8 Å². The molecule has 3 aromatic rings. The molecule has 1 heterocycles. The number of aliphatic hydroxyl groups is 1. The van der Waals surface area contributed by atoms with E-state index in [1.807, 2.05) is 24.3 Å². The molecule has 0 radical (unpaired) electrons. The summed E-state index contributed by atoms with van der Waals surface area (Å²) in [4.78, 5) is 0.138.